The van der Waals surface area contributed by atoms with Gasteiger partial charge in [0.25, 0.3) is 0 Å². The van der Waals surface area contributed by atoms with Crippen LogP contribution in [0.2, 0.25) is 0 Å². The van der Waals surface area contributed by atoms with E-state index in [-0.39, 0.29) is 11.8 Å². The molecule has 15 heavy (non-hydrogen) atoms. The minimum absolute atomic E-state index is 0.00967. The van der Waals surface area contributed by atoms with Crippen LogP contribution in [0.1, 0.15) is 20.8 Å². The van der Waals surface area contributed by atoms with E-state index in [4.69, 9.17) is 5.73 Å². The number of benzene rings is 1. The van der Waals surface area contributed by atoms with Crippen molar-refractivity contribution in [3.8, 4) is 0 Å². The van der Waals surface area contributed by atoms with E-state index in [1.54, 1.807) is 4.90 Å². The lowest BCUT2D eigenvalue weighted by Crippen LogP contribution is -2.34. The fraction of sp³-hybridized carbons (Fsp3) is 0.417. The van der Waals surface area contributed by atoms with Crippen LogP contribution in [0.15, 0.2) is 24.3 Å². The molecule has 1 aromatic rings. The average molecular weight is 206 g/mol. The number of nitrogen functional groups attached to an aromatic ring is 1. The molecule has 1 rings (SSSR count). The van der Waals surface area contributed by atoms with Crippen LogP contribution in [0.4, 0.5) is 11.4 Å². The number of nitrogens with zero attached hydrogens (tertiary/aromatic N) is 1. The molecule has 0 aliphatic rings. The third-order valence-electron chi connectivity index (χ3n) is 2.30. The molecule has 0 atom stereocenters. The first-order valence-electron chi connectivity index (χ1n) is 5.23. The van der Waals surface area contributed by atoms with Crippen molar-refractivity contribution in [1.29, 1.82) is 0 Å². The Morgan fingerprint density at radius 2 is 2.00 bits per heavy atom. The number of hydrogen-bond acceptors (Lipinski definition) is 2. The minimum Gasteiger partial charge on any atom is -0.397 e. The van der Waals surface area contributed by atoms with E-state index in [1.165, 1.54) is 0 Å². The van der Waals surface area contributed by atoms with Crippen molar-refractivity contribution in [2.75, 3.05) is 17.2 Å². The van der Waals surface area contributed by atoms with E-state index in [1.807, 2.05) is 45.0 Å². The molecule has 2 N–H and O–H groups in total. The van der Waals surface area contributed by atoms with Crippen molar-refractivity contribution < 1.29 is 4.79 Å². The van der Waals surface area contributed by atoms with Gasteiger partial charge in [0.2, 0.25) is 5.91 Å². The third-order valence-corrected chi connectivity index (χ3v) is 2.30. The van der Waals surface area contributed by atoms with E-state index in [9.17, 15) is 4.79 Å². The summed E-state index contributed by atoms with van der Waals surface area (Å²) in [5.74, 6) is 0.0972. The van der Waals surface area contributed by atoms with Gasteiger partial charge in [-0.1, -0.05) is 26.0 Å². The average Bonchev–Trinajstić information content (AvgIpc) is 2.21. The van der Waals surface area contributed by atoms with Gasteiger partial charge in [0, 0.05) is 12.5 Å². The molecule has 3 heteroatoms. The molecule has 0 heterocycles. The molecule has 0 spiro atoms. The molecule has 0 bridgehead atoms. The summed E-state index contributed by atoms with van der Waals surface area (Å²) in [5, 5.41) is 0. The standard InChI is InChI=1S/C12H18N2O/c1-4-14(12(15)9(2)3)11-8-6-5-7-10(11)13/h5-9H,4,13H2,1-3H3. The highest BCUT2D eigenvalue weighted by Gasteiger charge is 2.18. The largest absolute Gasteiger partial charge is 0.397 e. The van der Waals surface area contributed by atoms with Gasteiger partial charge in [0.05, 0.1) is 11.4 Å². The molecule has 0 saturated carbocycles. The molecule has 0 aliphatic heterocycles. The maximum Gasteiger partial charge on any atom is 0.229 e. The highest BCUT2D eigenvalue weighted by atomic mass is 16.2. The number of anilines is 2. The molecule has 0 saturated heterocycles. The van der Waals surface area contributed by atoms with Crippen LogP contribution in [0.3, 0.4) is 0 Å². The molecule has 0 aromatic heterocycles. The van der Waals surface area contributed by atoms with Gasteiger partial charge in [-0.25, -0.2) is 0 Å². The van der Waals surface area contributed by atoms with E-state index in [0.717, 1.165) is 5.69 Å². The van der Waals surface area contributed by atoms with Gasteiger partial charge in [-0.15, -0.1) is 0 Å². The van der Waals surface area contributed by atoms with Gasteiger partial charge in [-0.3, -0.25) is 4.79 Å². The van der Waals surface area contributed by atoms with Gasteiger partial charge in [-0.2, -0.15) is 0 Å². The Morgan fingerprint density at radius 1 is 1.40 bits per heavy atom. The summed E-state index contributed by atoms with van der Waals surface area (Å²) >= 11 is 0. The molecule has 82 valence electrons. The predicted octanol–water partition coefficient (Wildman–Crippen LogP) is 2.28. The highest BCUT2D eigenvalue weighted by molar-refractivity contribution is 5.97. The number of carbonyl (C=O) groups is 1. The van der Waals surface area contributed by atoms with Crippen LogP contribution in [0.5, 0.6) is 0 Å². The predicted molar refractivity (Wildman–Crippen MR) is 63.7 cm³/mol. The summed E-state index contributed by atoms with van der Waals surface area (Å²) in [6, 6.07) is 7.44. The Hall–Kier alpha value is -1.51. The molecule has 1 amide bonds. The Morgan fingerprint density at radius 3 is 2.47 bits per heavy atom. The van der Waals surface area contributed by atoms with Crippen LogP contribution in [-0.2, 0) is 4.79 Å². The number of para-hydroxylation sites is 2. The topological polar surface area (TPSA) is 46.3 Å². The summed E-state index contributed by atoms with van der Waals surface area (Å²) in [7, 11) is 0. The summed E-state index contributed by atoms with van der Waals surface area (Å²) in [4.78, 5) is 13.6. The maximum atomic E-state index is 11.9. The summed E-state index contributed by atoms with van der Waals surface area (Å²) in [6.45, 7) is 6.38. The van der Waals surface area contributed by atoms with Crippen molar-refractivity contribution in [3.05, 3.63) is 24.3 Å². The minimum atomic E-state index is -0.00967. The van der Waals surface area contributed by atoms with E-state index in [2.05, 4.69) is 0 Å². The summed E-state index contributed by atoms with van der Waals surface area (Å²) in [5.41, 5.74) is 7.29. The molecule has 3 nitrogen and oxygen atoms in total. The van der Waals surface area contributed by atoms with Crippen LogP contribution >= 0.6 is 0 Å². The molecule has 1 aromatic carbocycles. The second-order valence-corrected chi connectivity index (χ2v) is 3.80. The Labute approximate surface area is 90.9 Å². The van der Waals surface area contributed by atoms with Crippen molar-refractivity contribution in [2.24, 2.45) is 5.92 Å². The van der Waals surface area contributed by atoms with Crippen molar-refractivity contribution >= 4 is 17.3 Å². The quantitative estimate of drug-likeness (QED) is 0.771. The lowest BCUT2D eigenvalue weighted by Gasteiger charge is -2.24. The summed E-state index contributed by atoms with van der Waals surface area (Å²) < 4.78 is 0. The SMILES string of the molecule is CCN(C(=O)C(C)C)c1ccccc1N. The van der Waals surface area contributed by atoms with Crippen molar-refractivity contribution in [1.82, 2.24) is 0 Å². The van der Waals surface area contributed by atoms with Crippen LogP contribution in [-0.4, -0.2) is 12.5 Å². The number of hydrogen-bond donors (Lipinski definition) is 1. The smallest absolute Gasteiger partial charge is 0.229 e. The molecular formula is C12H18N2O. The molecule has 0 radical (unpaired) electrons. The first-order valence-corrected chi connectivity index (χ1v) is 5.23. The van der Waals surface area contributed by atoms with Gasteiger partial charge in [-0.05, 0) is 19.1 Å². The number of rotatable bonds is 3. The van der Waals surface area contributed by atoms with Crippen LogP contribution < -0.4 is 10.6 Å². The Balaban J connectivity index is 3.03. The van der Waals surface area contributed by atoms with Gasteiger partial charge < -0.3 is 10.6 Å². The number of carbonyl (C=O) groups excluding carboxylic acids is 1. The highest BCUT2D eigenvalue weighted by Crippen LogP contribution is 2.23. The van der Waals surface area contributed by atoms with Gasteiger partial charge >= 0.3 is 0 Å². The first kappa shape index (κ1) is 11.6. The molecular weight excluding hydrogens is 188 g/mol. The fourth-order valence-electron chi connectivity index (χ4n) is 1.49. The summed E-state index contributed by atoms with van der Waals surface area (Å²) in [6.07, 6.45) is 0. The van der Waals surface area contributed by atoms with Gasteiger partial charge in [0.1, 0.15) is 0 Å². The maximum absolute atomic E-state index is 11.9. The van der Waals surface area contributed by atoms with E-state index in [0.29, 0.717) is 12.2 Å². The lowest BCUT2D eigenvalue weighted by atomic mass is 10.1. The molecule has 0 aliphatic carbocycles. The van der Waals surface area contributed by atoms with Crippen molar-refractivity contribution in [2.45, 2.75) is 20.8 Å². The van der Waals surface area contributed by atoms with Crippen molar-refractivity contribution in [3.63, 3.8) is 0 Å². The zero-order chi connectivity index (χ0) is 11.4. The normalized spacial score (nSPS) is 10.4. The Kier molecular flexibility index (Phi) is 3.72. The second kappa shape index (κ2) is 4.82. The lowest BCUT2D eigenvalue weighted by molar-refractivity contribution is -0.121. The van der Waals surface area contributed by atoms with E-state index >= 15 is 0 Å². The fourth-order valence-corrected chi connectivity index (χ4v) is 1.49. The zero-order valence-corrected chi connectivity index (χ0v) is 9.53. The first-order chi connectivity index (χ1) is 7.07. The number of nitrogens with two attached hydrogens (primary N) is 1. The molecule has 0 unspecified atom stereocenters. The van der Waals surface area contributed by atoms with E-state index < -0.39 is 0 Å². The zero-order valence-electron chi connectivity index (χ0n) is 9.53. The third kappa shape index (κ3) is 2.49. The number of amides is 1. The molecule has 0 fully saturated rings. The van der Waals surface area contributed by atoms with Crippen LogP contribution in [0, 0.1) is 5.92 Å². The second-order valence-electron chi connectivity index (χ2n) is 3.80. The monoisotopic (exact) mass is 206 g/mol. The Bertz CT molecular complexity index is 347. The van der Waals surface area contributed by atoms with Gasteiger partial charge in [0.15, 0.2) is 0 Å². The van der Waals surface area contributed by atoms with Crippen LogP contribution in [0.25, 0.3) is 0 Å².